The van der Waals surface area contributed by atoms with Gasteiger partial charge in [0.15, 0.2) is 10.7 Å². The highest BCUT2D eigenvalue weighted by atomic mass is 32.1. The molecule has 4 heterocycles. The van der Waals surface area contributed by atoms with E-state index in [4.69, 9.17) is 4.98 Å². The summed E-state index contributed by atoms with van der Waals surface area (Å²) >= 11 is 1.55. The maximum atomic E-state index is 15.0. The number of Topliss-reactive ketones (excluding diaryl/α,β-unsaturated/α-hetero) is 1. The molecule has 2 aromatic carbocycles. The van der Waals surface area contributed by atoms with Gasteiger partial charge in [-0.2, -0.15) is 0 Å². The number of carbonyl (C=O) groups is 1. The molecule has 2 aromatic heterocycles. The van der Waals surface area contributed by atoms with Crippen LogP contribution in [-0.2, 0) is 0 Å². The number of benzene rings is 2. The highest BCUT2D eigenvalue weighted by Crippen LogP contribution is 2.33. The number of imidazole rings is 1. The van der Waals surface area contributed by atoms with Gasteiger partial charge in [0, 0.05) is 29.8 Å². The first kappa shape index (κ1) is 23.8. The number of nitrogens with one attached hydrogen (secondary N) is 1. The lowest BCUT2D eigenvalue weighted by Crippen LogP contribution is -2.30. The van der Waals surface area contributed by atoms with Gasteiger partial charge in [0.25, 0.3) is 0 Å². The van der Waals surface area contributed by atoms with Crippen molar-refractivity contribution < 1.29 is 9.18 Å². The van der Waals surface area contributed by atoms with Gasteiger partial charge in [-0.15, -0.1) is 0 Å². The number of thiazole rings is 1. The summed E-state index contributed by atoms with van der Waals surface area (Å²) in [5.41, 5.74) is 3.94. The Morgan fingerprint density at radius 2 is 1.97 bits per heavy atom. The predicted molar refractivity (Wildman–Crippen MR) is 144 cm³/mol. The van der Waals surface area contributed by atoms with Crippen molar-refractivity contribution in [1.29, 1.82) is 0 Å². The molecule has 36 heavy (non-hydrogen) atoms. The van der Waals surface area contributed by atoms with Gasteiger partial charge < -0.3 is 10.2 Å². The van der Waals surface area contributed by atoms with Crippen LogP contribution < -0.4 is 5.32 Å². The Balaban J connectivity index is 1.14. The number of unbranched alkanes of at least 4 members (excludes halogenated alkanes) is 1. The van der Waals surface area contributed by atoms with Crippen LogP contribution in [0.4, 0.5) is 4.39 Å². The van der Waals surface area contributed by atoms with Crippen molar-refractivity contribution in [2.75, 3.05) is 26.2 Å². The molecular formula is C29H33FN4OS. The average Bonchev–Trinajstić information content (AvgIpc) is 3.63. The largest absolute Gasteiger partial charge is 0.310 e. The molecule has 2 saturated heterocycles. The molecule has 0 unspecified atom stereocenters. The Morgan fingerprint density at radius 1 is 1.08 bits per heavy atom. The molecular weight excluding hydrogens is 471 g/mol. The number of hydrogen-bond donors (Lipinski definition) is 1. The second-order valence-electron chi connectivity index (χ2n) is 10.2. The lowest BCUT2D eigenvalue weighted by atomic mass is 10.0. The summed E-state index contributed by atoms with van der Waals surface area (Å²) in [5.74, 6) is -0.0226. The maximum absolute atomic E-state index is 15.0. The van der Waals surface area contributed by atoms with Crippen LogP contribution in [0, 0.1) is 5.82 Å². The maximum Gasteiger partial charge on any atom is 0.195 e. The highest BCUT2D eigenvalue weighted by Gasteiger charge is 2.19. The lowest BCUT2D eigenvalue weighted by molar-refractivity contribution is 0.0977. The molecule has 0 radical (unpaired) electrons. The zero-order valence-electron chi connectivity index (χ0n) is 20.6. The van der Waals surface area contributed by atoms with E-state index in [1.807, 2.05) is 40.9 Å². The molecule has 4 aromatic rings. The third-order valence-corrected chi connectivity index (χ3v) is 8.74. The normalized spacial score (nSPS) is 19.0. The molecule has 0 saturated carbocycles. The smallest absolute Gasteiger partial charge is 0.195 e. The van der Waals surface area contributed by atoms with Gasteiger partial charge in [0.2, 0.25) is 0 Å². The van der Waals surface area contributed by atoms with Crippen LogP contribution in [0.5, 0.6) is 0 Å². The molecule has 0 spiro atoms. The summed E-state index contributed by atoms with van der Waals surface area (Å²) in [4.78, 5) is 20.9. The fraction of sp³-hybridized carbons (Fsp3) is 0.448. The molecule has 7 heteroatoms. The second-order valence-corrected chi connectivity index (χ2v) is 11.2. The van der Waals surface area contributed by atoms with Gasteiger partial charge in [0.05, 0.1) is 15.9 Å². The molecule has 0 amide bonds. The minimum atomic E-state index is -0.232. The number of aromatic nitrogens is 2. The number of nitrogens with zero attached hydrogens (tertiary/aromatic N) is 3. The fourth-order valence-corrected chi connectivity index (χ4v) is 6.72. The first-order valence-electron chi connectivity index (χ1n) is 13.4. The Hall–Kier alpha value is -2.61. The SMILES string of the molecule is O=C(CCCCN1CCCCC1)c1ccc2c(c1)sc1nc(-c3ccc([C@@H]4CCCN4)cc3F)cn12. The van der Waals surface area contributed by atoms with Crippen LogP contribution in [0.2, 0.25) is 0 Å². The van der Waals surface area contributed by atoms with Crippen molar-refractivity contribution >= 4 is 32.3 Å². The molecule has 0 bridgehead atoms. The molecule has 2 aliphatic rings. The Kier molecular flexibility index (Phi) is 6.87. The van der Waals surface area contributed by atoms with Gasteiger partial charge >= 0.3 is 0 Å². The van der Waals surface area contributed by atoms with Crippen LogP contribution in [-0.4, -0.2) is 46.2 Å². The molecule has 1 atom stereocenters. The summed E-state index contributed by atoms with van der Waals surface area (Å²) in [6.45, 7) is 4.52. The van der Waals surface area contributed by atoms with Crippen LogP contribution in [0.15, 0.2) is 42.6 Å². The second kappa shape index (κ2) is 10.4. The number of likely N-dealkylation sites (tertiary alicyclic amines) is 1. The van der Waals surface area contributed by atoms with Crippen molar-refractivity contribution in [2.24, 2.45) is 0 Å². The highest BCUT2D eigenvalue weighted by molar-refractivity contribution is 7.23. The number of halogens is 1. The van der Waals surface area contributed by atoms with Gasteiger partial charge in [-0.05, 0) is 101 Å². The van der Waals surface area contributed by atoms with E-state index in [2.05, 4.69) is 10.2 Å². The third-order valence-electron chi connectivity index (χ3n) is 7.72. The number of fused-ring (bicyclic) bond motifs is 3. The summed E-state index contributed by atoms with van der Waals surface area (Å²) in [6.07, 6.45) is 10.7. The monoisotopic (exact) mass is 504 g/mol. The molecule has 6 rings (SSSR count). The first-order chi connectivity index (χ1) is 17.7. The predicted octanol–water partition coefficient (Wildman–Crippen LogP) is 6.62. The van der Waals surface area contributed by atoms with E-state index in [0.717, 1.165) is 65.1 Å². The van der Waals surface area contributed by atoms with Crippen molar-refractivity contribution in [3.63, 3.8) is 0 Å². The van der Waals surface area contributed by atoms with E-state index >= 15 is 0 Å². The number of carbonyl (C=O) groups excluding carboxylic acids is 1. The molecule has 2 aliphatic heterocycles. The molecule has 5 nitrogen and oxygen atoms in total. The number of hydrogen-bond acceptors (Lipinski definition) is 5. The van der Waals surface area contributed by atoms with Gasteiger partial charge in [0.1, 0.15) is 5.82 Å². The van der Waals surface area contributed by atoms with Crippen LogP contribution in [0.3, 0.4) is 0 Å². The standard InChI is InChI=1S/C29H33FN4OS/c30-23-17-20(24-7-6-13-31-24)9-11-22(23)25-19-34-26-12-10-21(18-28(26)36-29(34)32-25)27(35)8-2-5-16-33-14-3-1-4-15-33/h9-12,17-19,24,31H,1-8,13-16H2/t24-/m0/s1. The summed E-state index contributed by atoms with van der Waals surface area (Å²) in [5, 5.41) is 3.43. The quantitative estimate of drug-likeness (QED) is 0.216. The van der Waals surface area contributed by atoms with Crippen molar-refractivity contribution in [3.05, 3.63) is 59.5 Å². The van der Waals surface area contributed by atoms with Crippen molar-refractivity contribution in [2.45, 2.75) is 57.4 Å². The lowest BCUT2D eigenvalue weighted by Gasteiger charge is -2.26. The Bertz CT molecular complexity index is 1380. The van der Waals surface area contributed by atoms with Crippen LogP contribution in [0.25, 0.3) is 26.4 Å². The topological polar surface area (TPSA) is 49.6 Å². The summed E-state index contributed by atoms with van der Waals surface area (Å²) in [6, 6.07) is 11.7. The summed E-state index contributed by atoms with van der Waals surface area (Å²) < 4.78 is 18.0. The van der Waals surface area contributed by atoms with E-state index in [1.165, 1.54) is 32.4 Å². The Morgan fingerprint density at radius 3 is 2.78 bits per heavy atom. The molecule has 0 aliphatic carbocycles. The van der Waals surface area contributed by atoms with Crippen LogP contribution >= 0.6 is 11.3 Å². The molecule has 2 fully saturated rings. The average molecular weight is 505 g/mol. The third kappa shape index (κ3) is 4.84. The Labute approximate surface area is 215 Å². The van der Waals surface area contributed by atoms with E-state index < -0.39 is 0 Å². The van der Waals surface area contributed by atoms with Gasteiger partial charge in [-0.1, -0.05) is 23.8 Å². The zero-order valence-corrected chi connectivity index (χ0v) is 21.5. The van der Waals surface area contributed by atoms with Crippen LogP contribution in [0.1, 0.15) is 73.3 Å². The van der Waals surface area contributed by atoms with Gasteiger partial charge in [-0.3, -0.25) is 9.20 Å². The molecule has 1 N–H and O–H groups in total. The van der Waals surface area contributed by atoms with Crippen molar-refractivity contribution in [1.82, 2.24) is 19.6 Å². The van der Waals surface area contributed by atoms with E-state index in [9.17, 15) is 9.18 Å². The van der Waals surface area contributed by atoms with E-state index in [-0.39, 0.29) is 17.6 Å². The molecule has 188 valence electrons. The number of piperidine rings is 1. The summed E-state index contributed by atoms with van der Waals surface area (Å²) in [7, 11) is 0. The number of rotatable bonds is 8. The minimum Gasteiger partial charge on any atom is -0.310 e. The first-order valence-corrected chi connectivity index (χ1v) is 14.2. The van der Waals surface area contributed by atoms with Gasteiger partial charge in [-0.25, -0.2) is 9.37 Å². The number of ketones is 1. The van der Waals surface area contributed by atoms with Crippen molar-refractivity contribution in [3.8, 4) is 11.3 Å². The van der Waals surface area contributed by atoms with E-state index in [1.54, 1.807) is 17.4 Å². The van der Waals surface area contributed by atoms with E-state index in [0.29, 0.717) is 17.7 Å². The zero-order chi connectivity index (χ0) is 24.5. The fourth-order valence-electron chi connectivity index (χ4n) is 5.68. The minimum absolute atomic E-state index is 0.209.